The molecule has 1 saturated heterocycles. The minimum atomic E-state index is -0.0123. The average molecular weight is 334 g/mol. The second kappa shape index (κ2) is 10.2. The average Bonchev–Trinajstić information content (AvgIpc) is 2.61. The number of benzene rings is 1. The van der Waals surface area contributed by atoms with Crippen LogP contribution in [0.3, 0.4) is 0 Å². The fraction of sp³-hybridized carbons (Fsp3) is 0.632. The summed E-state index contributed by atoms with van der Waals surface area (Å²) in [6, 6.07) is 7.95. The van der Waals surface area contributed by atoms with E-state index in [0.29, 0.717) is 32.2 Å². The monoisotopic (exact) mass is 334 g/mol. The van der Waals surface area contributed by atoms with E-state index in [2.05, 4.69) is 5.32 Å². The van der Waals surface area contributed by atoms with E-state index in [1.807, 2.05) is 38.1 Å². The van der Waals surface area contributed by atoms with E-state index in [1.54, 1.807) is 4.90 Å². The summed E-state index contributed by atoms with van der Waals surface area (Å²) in [5, 5.41) is 3.01. The molecule has 134 valence electrons. The lowest BCUT2D eigenvalue weighted by Gasteiger charge is -2.24. The van der Waals surface area contributed by atoms with Gasteiger partial charge in [-0.2, -0.15) is 0 Å². The van der Waals surface area contributed by atoms with Crippen LogP contribution in [0.25, 0.3) is 0 Å². The normalized spacial score (nSPS) is 17.3. The van der Waals surface area contributed by atoms with Crippen molar-refractivity contribution in [1.82, 2.24) is 10.2 Å². The van der Waals surface area contributed by atoms with Crippen LogP contribution >= 0.6 is 0 Å². The predicted molar refractivity (Wildman–Crippen MR) is 95.5 cm³/mol. The van der Waals surface area contributed by atoms with Crippen LogP contribution in [0.4, 0.5) is 4.79 Å². The predicted octanol–water partition coefficient (Wildman–Crippen LogP) is 3.22. The third-order valence-electron chi connectivity index (χ3n) is 4.40. The second-order valence-electron chi connectivity index (χ2n) is 6.34. The summed E-state index contributed by atoms with van der Waals surface area (Å²) in [5.74, 6) is 1.42. The number of hydrogen-bond donors (Lipinski definition) is 1. The molecular formula is C19H30N2O3. The third kappa shape index (κ3) is 6.40. The van der Waals surface area contributed by atoms with Gasteiger partial charge in [0.15, 0.2) is 0 Å². The van der Waals surface area contributed by atoms with Gasteiger partial charge in [0, 0.05) is 26.3 Å². The molecule has 2 amide bonds. The molecule has 1 aliphatic rings. The highest BCUT2D eigenvalue weighted by Crippen LogP contribution is 2.16. The summed E-state index contributed by atoms with van der Waals surface area (Å²) >= 11 is 0. The first-order valence-electron chi connectivity index (χ1n) is 8.99. The Morgan fingerprint density at radius 2 is 2.17 bits per heavy atom. The van der Waals surface area contributed by atoms with Gasteiger partial charge < -0.3 is 19.7 Å². The van der Waals surface area contributed by atoms with Gasteiger partial charge in [0.05, 0.1) is 6.54 Å². The molecule has 0 bridgehead atoms. The molecule has 2 rings (SSSR count). The minimum absolute atomic E-state index is 0.0123. The number of urea groups is 1. The van der Waals surface area contributed by atoms with Gasteiger partial charge in [-0.05, 0) is 51.2 Å². The maximum atomic E-state index is 12.2. The smallest absolute Gasteiger partial charge is 0.317 e. The van der Waals surface area contributed by atoms with Crippen LogP contribution in [0.15, 0.2) is 24.3 Å². The van der Waals surface area contributed by atoms with Crippen molar-refractivity contribution in [3.8, 4) is 5.75 Å². The van der Waals surface area contributed by atoms with E-state index in [9.17, 15) is 4.79 Å². The van der Waals surface area contributed by atoms with Gasteiger partial charge in [-0.25, -0.2) is 4.79 Å². The number of carbonyl (C=O) groups excluding carboxylic acids is 1. The maximum Gasteiger partial charge on any atom is 0.317 e. The number of ether oxygens (including phenoxy) is 2. The summed E-state index contributed by atoms with van der Waals surface area (Å²) in [5.41, 5.74) is 1.21. The van der Waals surface area contributed by atoms with Crippen molar-refractivity contribution in [3.05, 3.63) is 29.8 Å². The van der Waals surface area contributed by atoms with Gasteiger partial charge in [-0.3, -0.25) is 0 Å². The molecule has 0 radical (unpaired) electrons. The summed E-state index contributed by atoms with van der Waals surface area (Å²) in [6.07, 6.45) is 3.33. The second-order valence-corrected chi connectivity index (χ2v) is 6.34. The van der Waals surface area contributed by atoms with Crippen LogP contribution in [0.5, 0.6) is 5.75 Å². The first-order chi connectivity index (χ1) is 11.7. The zero-order chi connectivity index (χ0) is 17.2. The summed E-state index contributed by atoms with van der Waals surface area (Å²) in [7, 11) is 0. The number of aryl methyl sites for hydroxylation is 1. The van der Waals surface area contributed by atoms with Gasteiger partial charge in [-0.1, -0.05) is 17.7 Å². The SMILES string of the molecule is CCN(CCOc1ccc(C)cc1)C(=O)NCC[C@H]1CCCOC1. The zero-order valence-corrected chi connectivity index (χ0v) is 14.9. The molecule has 5 heteroatoms. The number of likely N-dealkylation sites (N-methyl/N-ethyl adjacent to an activating group) is 1. The van der Waals surface area contributed by atoms with Crippen LogP contribution in [-0.2, 0) is 4.74 Å². The Balaban J connectivity index is 1.64. The van der Waals surface area contributed by atoms with Crippen LogP contribution in [-0.4, -0.2) is 50.4 Å². The van der Waals surface area contributed by atoms with E-state index in [0.717, 1.165) is 31.8 Å². The fourth-order valence-corrected chi connectivity index (χ4v) is 2.84. The van der Waals surface area contributed by atoms with Crippen LogP contribution < -0.4 is 10.1 Å². The van der Waals surface area contributed by atoms with Crippen LogP contribution in [0.2, 0.25) is 0 Å². The number of nitrogens with zero attached hydrogens (tertiary/aromatic N) is 1. The van der Waals surface area contributed by atoms with Gasteiger partial charge in [0.1, 0.15) is 12.4 Å². The summed E-state index contributed by atoms with van der Waals surface area (Å²) in [6.45, 7) is 8.22. The van der Waals surface area contributed by atoms with Crippen molar-refractivity contribution >= 4 is 6.03 Å². The van der Waals surface area contributed by atoms with Crippen LogP contribution in [0.1, 0.15) is 31.7 Å². The first-order valence-corrected chi connectivity index (χ1v) is 8.99. The Bertz CT molecular complexity index is 484. The van der Waals surface area contributed by atoms with Crippen molar-refractivity contribution in [2.75, 3.05) is 39.5 Å². The fourth-order valence-electron chi connectivity index (χ4n) is 2.84. The lowest BCUT2D eigenvalue weighted by molar-refractivity contribution is 0.0518. The number of carbonyl (C=O) groups is 1. The molecule has 1 aliphatic heterocycles. The Morgan fingerprint density at radius 1 is 1.38 bits per heavy atom. The molecule has 0 unspecified atom stereocenters. The summed E-state index contributed by atoms with van der Waals surface area (Å²) in [4.78, 5) is 14.0. The number of hydrogen-bond acceptors (Lipinski definition) is 3. The van der Waals surface area contributed by atoms with Crippen molar-refractivity contribution in [2.24, 2.45) is 5.92 Å². The molecule has 1 aromatic rings. The summed E-state index contributed by atoms with van der Waals surface area (Å²) < 4.78 is 11.2. The van der Waals surface area contributed by atoms with E-state index in [4.69, 9.17) is 9.47 Å². The Labute approximate surface area is 145 Å². The largest absolute Gasteiger partial charge is 0.492 e. The molecule has 1 heterocycles. The lowest BCUT2D eigenvalue weighted by Crippen LogP contribution is -2.42. The molecule has 1 fully saturated rings. The zero-order valence-electron chi connectivity index (χ0n) is 14.9. The highest BCUT2D eigenvalue weighted by Gasteiger charge is 2.15. The minimum Gasteiger partial charge on any atom is -0.492 e. The maximum absolute atomic E-state index is 12.2. The molecule has 1 atom stereocenters. The van der Waals surface area contributed by atoms with Crippen molar-refractivity contribution in [2.45, 2.75) is 33.1 Å². The molecule has 5 nitrogen and oxygen atoms in total. The highest BCUT2D eigenvalue weighted by atomic mass is 16.5. The Hall–Kier alpha value is -1.75. The van der Waals surface area contributed by atoms with Gasteiger partial charge in [-0.15, -0.1) is 0 Å². The van der Waals surface area contributed by atoms with E-state index in [-0.39, 0.29) is 6.03 Å². The van der Waals surface area contributed by atoms with Crippen LogP contribution in [0, 0.1) is 12.8 Å². The molecule has 0 spiro atoms. The topological polar surface area (TPSA) is 50.8 Å². The van der Waals surface area contributed by atoms with Crippen molar-refractivity contribution in [3.63, 3.8) is 0 Å². The lowest BCUT2D eigenvalue weighted by atomic mass is 9.99. The molecule has 1 aromatic carbocycles. The van der Waals surface area contributed by atoms with Gasteiger partial charge in [0.2, 0.25) is 0 Å². The number of amides is 2. The van der Waals surface area contributed by atoms with Gasteiger partial charge >= 0.3 is 6.03 Å². The first kappa shape index (κ1) is 18.6. The molecule has 24 heavy (non-hydrogen) atoms. The number of rotatable bonds is 8. The molecule has 1 N–H and O–H groups in total. The molecule has 0 saturated carbocycles. The Kier molecular flexibility index (Phi) is 7.89. The molecule has 0 aliphatic carbocycles. The number of nitrogens with one attached hydrogen (secondary N) is 1. The quantitative estimate of drug-likeness (QED) is 0.794. The molecule has 0 aromatic heterocycles. The Morgan fingerprint density at radius 3 is 2.83 bits per heavy atom. The highest BCUT2D eigenvalue weighted by molar-refractivity contribution is 5.74. The van der Waals surface area contributed by atoms with Crippen molar-refractivity contribution < 1.29 is 14.3 Å². The van der Waals surface area contributed by atoms with Crippen molar-refractivity contribution in [1.29, 1.82) is 0 Å². The standard InChI is InChI=1S/C19H30N2O3/c1-3-21(12-14-24-18-8-6-16(2)7-9-18)19(22)20-11-10-17-5-4-13-23-15-17/h6-9,17H,3-5,10-15H2,1-2H3,(H,20,22)/t17-/m1/s1. The third-order valence-corrected chi connectivity index (χ3v) is 4.40. The molecular weight excluding hydrogens is 304 g/mol. The van der Waals surface area contributed by atoms with E-state index in [1.165, 1.54) is 12.0 Å². The van der Waals surface area contributed by atoms with E-state index < -0.39 is 0 Å². The van der Waals surface area contributed by atoms with Gasteiger partial charge in [0.25, 0.3) is 0 Å². The van der Waals surface area contributed by atoms with E-state index >= 15 is 0 Å².